The molecule has 0 spiro atoms. The third-order valence-corrected chi connectivity index (χ3v) is 3.12. The van der Waals surface area contributed by atoms with Crippen molar-refractivity contribution in [3.63, 3.8) is 0 Å². The molecule has 21 heavy (non-hydrogen) atoms. The van der Waals surface area contributed by atoms with Gasteiger partial charge in [-0.3, -0.25) is 0 Å². The third-order valence-electron chi connectivity index (χ3n) is 3.12. The van der Waals surface area contributed by atoms with Crippen LogP contribution >= 0.6 is 0 Å². The Hall–Kier alpha value is -2.43. The molecule has 0 bridgehead atoms. The number of carbonyl (C=O) groups is 1. The van der Waals surface area contributed by atoms with Gasteiger partial charge >= 0.3 is 5.97 Å². The zero-order chi connectivity index (χ0) is 15.4. The normalized spacial score (nSPS) is 11.8. The number of carbonyl (C=O) groups excluding carboxylic acids is 1. The number of halogens is 2. The van der Waals surface area contributed by atoms with Gasteiger partial charge in [0.25, 0.3) is 0 Å². The van der Waals surface area contributed by atoms with E-state index >= 15 is 0 Å². The van der Waals surface area contributed by atoms with E-state index in [2.05, 4.69) is 5.32 Å². The molecule has 0 aliphatic carbocycles. The van der Waals surface area contributed by atoms with Crippen LogP contribution in [0.25, 0.3) is 0 Å². The summed E-state index contributed by atoms with van der Waals surface area (Å²) in [5.41, 5.74) is 1.62. The molecule has 0 aromatic heterocycles. The molecule has 0 aliphatic rings. The van der Waals surface area contributed by atoms with Crippen molar-refractivity contribution in [2.45, 2.75) is 13.0 Å². The number of hydrogen-bond acceptors (Lipinski definition) is 3. The number of ether oxygens (including phenoxy) is 1. The number of esters is 1. The van der Waals surface area contributed by atoms with Crippen LogP contribution in [0, 0.1) is 18.6 Å². The van der Waals surface area contributed by atoms with Gasteiger partial charge in [-0.1, -0.05) is 12.1 Å². The molecular weight excluding hydrogens is 276 g/mol. The molecule has 1 N–H and O–H groups in total. The first-order chi connectivity index (χ1) is 10.0. The zero-order valence-corrected chi connectivity index (χ0v) is 11.7. The van der Waals surface area contributed by atoms with Crippen LogP contribution in [0.15, 0.2) is 42.5 Å². The molecule has 3 nitrogen and oxygen atoms in total. The second-order valence-corrected chi connectivity index (χ2v) is 4.61. The molecule has 0 saturated carbocycles. The highest BCUT2D eigenvalue weighted by Crippen LogP contribution is 2.24. The minimum absolute atomic E-state index is 0.384. The van der Waals surface area contributed by atoms with Gasteiger partial charge < -0.3 is 10.1 Å². The summed E-state index contributed by atoms with van der Waals surface area (Å²) >= 11 is 0. The Morgan fingerprint density at radius 1 is 1.14 bits per heavy atom. The SMILES string of the molecule is COC(=O)C(Nc1cccc(F)c1)c1ccc(F)cc1C. The predicted octanol–water partition coefficient (Wildman–Crippen LogP) is 3.60. The molecule has 0 fully saturated rings. The lowest BCUT2D eigenvalue weighted by Gasteiger charge is -2.20. The maximum Gasteiger partial charge on any atom is 0.332 e. The van der Waals surface area contributed by atoms with E-state index in [4.69, 9.17) is 4.74 Å². The highest BCUT2D eigenvalue weighted by atomic mass is 19.1. The van der Waals surface area contributed by atoms with Gasteiger partial charge in [-0.25, -0.2) is 13.6 Å². The van der Waals surface area contributed by atoms with Crippen molar-refractivity contribution in [1.82, 2.24) is 0 Å². The smallest absolute Gasteiger partial charge is 0.332 e. The van der Waals surface area contributed by atoms with E-state index in [1.807, 2.05) is 0 Å². The van der Waals surface area contributed by atoms with Crippen molar-refractivity contribution >= 4 is 11.7 Å². The fourth-order valence-corrected chi connectivity index (χ4v) is 2.09. The highest BCUT2D eigenvalue weighted by molar-refractivity contribution is 5.81. The summed E-state index contributed by atoms with van der Waals surface area (Å²) in [6.45, 7) is 1.70. The maximum atomic E-state index is 13.2. The molecular formula is C16H15F2NO2. The van der Waals surface area contributed by atoms with Crippen LogP contribution in [-0.2, 0) is 9.53 Å². The van der Waals surface area contributed by atoms with Gasteiger partial charge in [-0.05, 0) is 48.4 Å². The molecule has 0 aliphatic heterocycles. The van der Waals surface area contributed by atoms with Gasteiger partial charge in [0.05, 0.1) is 7.11 Å². The first-order valence-electron chi connectivity index (χ1n) is 6.37. The summed E-state index contributed by atoms with van der Waals surface area (Å²) in [7, 11) is 1.27. The van der Waals surface area contributed by atoms with Gasteiger partial charge in [-0.15, -0.1) is 0 Å². The van der Waals surface area contributed by atoms with Crippen LogP contribution in [0.5, 0.6) is 0 Å². The van der Waals surface area contributed by atoms with E-state index in [1.54, 1.807) is 13.0 Å². The first kappa shape index (κ1) is 15.0. The monoisotopic (exact) mass is 291 g/mol. The lowest BCUT2D eigenvalue weighted by Crippen LogP contribution is -2.23. The van der Waals surface area contributed by atoms with Gasteiger partial charge in [-0.2, -0.15) is 0 Å². The number of benzene rings is 2. The predicted molar refractivity (Wildman–Crippen MR) is 75.9 cm³/mol. The van der Waals surface area contributed by atoms with E-state index < -0.39 is 17.8 Å². The Balaban J connectivity index is 2.37. The summed E-state index contributed by atoms with van der Waals surface area (Å²) in [6, 6.07) is 9.03. The second-order valence-electron chi connectivity index (χ2n) is 4.61. The Labute approximate surface area is 121 Å². The summed E-state index contributed by atoms with van der Waals surface area (Å²) in [6.07, 6.45) is 0. The molecule has 1 unspecified atom stereocenters. The van der Waals surface area contributed by atoms with Crippen LogP contribution in [0.3, 0.4) is 0 Å². The zero-order valence-electron chi connectivity index (χ0n) is 11.7. The second kappa shape index (κ2) is 6.35. The molecule has 0 amide bonds. The Morgan fingerprint density at radius 2 is 1.86 bits per heavy atom. The van der Waals surface area contributed by atoms with Crippen LogP contribution in [0.4, 0.5) is 14.5 Å². The van der Waals surface area contributed by atoms with E-state index in [0.717, 1.165) is 0 Å². The fraction of sp³-hybridized carbons (Fsp3) is 0.188. The molecule has 2 aromatic carbocycles. The van der Waals surface area contributed by atoms with Crippen molar-refractivity contribution < 1.29 is 18.3 Å². The number of anilines is 1. The lowest BCUT2D eigenvalue weighted by atomic mass is 10.0. The van der Waals surface area contributed by atoms with Crippen LogP contribution in [0.2, 0.25) is 0 Å². The number of nitrogens with one attached hydrogen (secondary N) is 1. The summed E-state index contributed by atoms with van der Waals surface area (Å²) in [4.78, 5) is 12.0. The number of rotatable bonds is 4. The average Bonchev–Trinajstić information content (AvgIpc) is 2.45. The van der Waals surface area contributed by atoms with Crippen molar-refractivity contribution in [2.75, 3.05) is 12.4 Å². The van der Waals surface area contributed by atoms with Gasteiger partial charge in [0.1, 0.15) is 11.6 Å². The van der Waals surface area contributed by atoms with E-state index in [0.29, 0.717) is 16.8 Å². The molecule has 0 radical (unpaired) electrons. The van der Waals surface area contributed by atoms with Gasteiger partial charge in [0.15, 0.2) is 6.04 Å². The van der Waals surface area contributed by atoms with Crippen molar-refractivity contribution in [3.05, 3.63) is 65.2 Å². The largest absolute Gasteiger partial charge is 0.467 e. The minimum Gasteiger partial charge on any atom is -0.467 e. The third kappa shape index (κ3) is 3.56. The van der Waals surface area contributed by atoms with E-state index in [-0.39, 0.29) is 5.82 Å². The van der Waals surface area contributed by atoms with Gasteiger partial charge in [0, 0.05) is 5.69 Å². The van der Waals surface area contributed by atoms with Gasteiger partial charge in [0.2, 0.25) is 0 Å². The molecule has 2 aromatic rings. The first-order valence-corrected chi connectivity index (χ1v) is 6.37. The Bertz CT molecular complexity index is 658. The molecule has 1 atom stereocenters. The maximum absolute atomic E-state index is 13.2. The number of hydrogen-bond donors (Lipinski definition) is 1. The Morgan fingerprint density at radius 3 is 2.48 bits per heavy atom. The lowest BCUT2D eigenvalue weighted by molar-refractivity contribution is -0.141. The summed E-state index contributed by atoms with van der Waals surface area (Å²) in [5, 5.41) is 2.91. The number of aryl methyl sites for hydroxylation is 1. The summed E-state index contributed by atoms with van der Waals surface area (Å²) in [5.74, 6) is -1.33. The average molecular weight is 291 g/mol. The molecule has 110 valence electrons. The van der Waals surface area contributed by atoms with Crippen molar-refractivity contribution in [1.29, 1.82) is 0 Å². The fourth-order valence-electron chi connectivity index (χ4n) is 2.09. The standard InChI is InChI=1S/C16H15F2NO2/c1-10-8-12(18)6-7-14(10)15(16(20)21-2)19-13-5-3-4-11(17)9-13/h3-9,15,19H,1-2H3. The van der Waals surface area contributed by atoms with Crippen LogP contribution in [0.1, 0.15) is 17.2 Å². The van der Waals surface area contributed by atoms with Crippen molar-refractivity contribution in [3.8, 4) is 0 Å². The van der Waals surface area contributed by atoms with E-state index in [1.165, 1.54) is 43.5 Å². The van der Waals surface area contributed by atoms with Crippen LogP contribution < -0.4 is 5.32 Å². The molecule has 2 rings (SSSR count). The molecule has 5 heteroatoms. The highest BCUT2D eigenvalue weighted by Gasteiger charge is 2.23. The van der Waals surface area contributed by atoms with Crippen LogP contribution in [-0.4, -0.2) is 13.1 Å². The van der Waals surface area contributed by atoms with Crippen molar-refractivity contribution in [2.24, 2.45) is 0 Å². The molecule has 0 heterocycles. The topological polar surface area (TPSA) is 38.3 Å². The van der Waals surface area contributed by atoms with E-state index in [9.17, 15) is 13.6 Å². The number of methoxy groups -OCH3 is 1. The minimum atomic E-state index is -0.836. The molecule has 0 saturated heterocycles. The Kier molecular flexibility index (Phi) is 4.52. The quantitative estimate of drug-likeness (QED) is 0.875. The summed E-state index contributed by atoms with van der Waals surface area (Å²) < 4.78 is 31.2.